The van der Waals surface area contributed by atoms with Crippen LogP contribution in [0.3, 0.4) is 0 Å². The first kappa shape index (κ1) is 24.0. The predicted octanol–water partition coefficient (Wildman–Crippen LogP) is 5.35. The first-order valence-electron chi connectivity index (χ1n) is 10.4. The number of aryl methyl sites for hydroxylation is 3. The Morgan fingerprint density at radius 3 is 2.34 bits per heavy atom. The highest BCUT2D eigenvalue weighted by molar-refractivity contribution is 7.89. The quantitative estimate of drug-likeness (QED) is 0.482. The Morgan fingerprint density at radius 2 is 1.69 bits per heavy atom. The van der Waals surface area contributed by atoms with E-state index in [0.717, 1.165) is 34.4 Å². The van der Waals surface area contributed by atoms with Gasteiger partial charge in [-0.15, -0.1) is 0 Å². The molecule has 0 heterocycles. The second kappa shape index (κ2) is 10.3. The Bertz CT molecular complexity index is 1210. The number of hydrogen-bond acceptors (Lipinski definition) is 3. The minimum atomic E-state index is -3.93. The summed E-state index contributed by atoms with van der Waals surface area (Å²) >= 11 is 5.93. The minimum absolute atomic E-state index is 0.0778. The highest BCUT2D eigenvalue weighted by Crippen LogP contribution is 2.23. The van der Waals surface area contributed by atoms with Crippen molar-refractivity contribution in [1.82, 2.24) is 4.31 Å². The van der Waals surface area contributed by atoms with E-state index in [1.165, 1.54) is 28.6 Å². The Labute approximate surface area is 195 Å². The molecule has 0 aromatic heterocycles. The molecule has 0 spiro atoms. The number of benzene rings is 3. The summed E-state index contributed by atoms with van der Waals surface area (Å²) in [6.07, 6.45) is 0.757. The summed E-state index contributed by atoms with van der Waals surface area (Å²) in [6.45, 7) is 5.65. The normalized spacial score (nSPS) is 11.5. The molecule has 0 atom stereocenters. The fourth-order valence-corrected chi connectivity index (χ4v) is 5.05. The van der Waals surface area contributed by atoms with E-state index < -0.39 is 10.0 Å². The van der Waals surface area contributed by atoms with Crippen LogP contribution in [0.4, 0.5) is 5.69 Å². The fraction of sp³-hybridized carbons (Fsp3) is 0.240. The zero-order valence-electron chi connectivity index (χ0n) is 18.4. The molecule has 0 unspecified atom stereocenters. The molecule has 7 heteroatoms. The van der Waals surface area contributed by atoms with Gasteiger partial charge in [-0.1, -0.05) is 66.6 Å². The Balaban J connectivity index is 1.92. The SMILES string of the molecule is CCc1cccc(C)c1NC(=O)CN(Cc1cccc(C)c1)S(=O)(=O)c1ccc(Cl)cc1. The van der Waals surface area contributed by atoms with E-state index in [2.05, 4.69) is 5.32 Å². The van der Waals surface area contributed by atoms with Crippen LogP contribution in [0.2, 0.25) is 5.02 Å². The molecule has 0 bridgehead atoms. The average Bonchev–Trinajstić information content (AvgIpc) is 2.75. The lowest BCUT2D eigenvalue weighted by molar-refractivity contribution is -0.116. The van der Waals surface area contributed by atoms with Gasteiger partial charge in [0.05, 0.1) is 11.4 Å². The number of anilines is 1. The first-order valence-corrected chi connectivity index (χ1v) is 12.2. The number of hydrogen-bond donors (Lipinski definition) is 1. The molecule has 0 saturated carbocycles. The van der Waals surface area contributed by atoms with Crippen LogP contribution in [0.25, 0.3) is 0 Å². The van der Waals surface area contributed by atoms with E-state index in [4.69, 9.17) is 11.6 Å². The second-order valence-electron chi connectivity index (χ2n) is 7.73. The average molecular weight is 471 g/mol. The molecule has 0 aliphatic carbocycles. The van der Waals surface area contributed by atoms with Gasteiger partial charge in [-0.25, -0.2) is 8.42 Å². The molecule has 1 N–H and O–H groups in total. The molecule has 0 saturated heterocycles. The van der Waals surface area contributed by atoms with Crippen molar-refractivity contribution >= 4 is 33.2 Å². The summed E-state index contributed by atoms with van der Waals surface area (Å²) in [4.78, 5) is 13.1. The number of para-hydroxylation sites is 1. The molecule has 0 aliphatic heterocycles. The summed E-state index contributed by atoms with van der Waals surface area (Å²) in [5.74, 6) is -0.390. The van der Waals surface area contributed by atoms with Crippen LogP contribution < -0.4 is 5.32 Å². The van der Waals surface area contributed by atoms with E-state index in [9.17, 15) is 13.2 Å². The lowest BCUT2D eigenvalue weighted by atomic mass is 10.1. The number of rotatable bonds is 8. The van der Waals surface area contributed by atoms with E-state index in [-0.39, 0.29) is 23.9 Å². The number of carbonyl (C=O) groups excluding carboxylic acids is 1. The summed E-state index contributed by atoms with van der Waals surface area (Å²) in [5, 5.41) is 3.37. The molecule has 0 fully saturated rings. The van der Waals surface area contributed by atoms with E-state index in [1.54, 1.807) is 0 Å². The maximum Gasteiger partial charge on any atom is 0.243 e. The number of nitrogens with one attached hydrogen (secondary N) is 1. The van der Waals surface area contributed by atoms with Crippen molar-refractivity contribution < 1.29 is 13.2 Å². The van der Waals surface area contributed by atoms with Crippen LogP contribution in [0, 0.1) is 13.8 Å². The highest BCUT2D eigenvalue weighted by atomic mass is 35.5. The van der Waals surface area contributed by atoms with Gasteiger partial charge in [-0.05, 0) is 61.2 Å². The fourth-order valence-electron chi connectivity index (χ4n) is 3.54. The van der Waals surface area contributed by atoms with Gasteiger partial charge >= 0.3 is 0 Å². The number of sulfonamides is 1. The van der Waals surface area contributed by atoms with Crippen molar-refractivity contribution in [3.8, 4) is 0 Å². The Morgan fingerprint density at radius 1 is 1.00 bits per heavy atom. The van der Waals surface area contributed by atoms with Crippen LogP contribution in [-0.4, -0.2) is 25.2 Å². The molecule has 3 rings (SSSR count). The van der Waals surface area contributed by atoms with Crippen LogP contribution in [0.1, 0.15) is 29.2 Å². The van der Waals surface area contributed by atoms with Gasteiger partial charge in [-0.3, -0.25) is 4.79 Å². The number of halogens is 1. The number of nitrogens with zero attached hydrogens (tertiary/aromatic N) is 1. The Kier molecular flexibility index (Phi) is 7.72. The summed E-state index contributed by atoms with van der Waals surface area (Å²) in [5.41, 5.74) is 4.50. The molecule has 3 aromatic rings. The van der Waals surface area contributed by atoms with Crippen molar-refractivity contribution in [3.63, 3.8) is 0 Å². The number of amides is 1. The molecule has 32 heavy (non-hydrogen) atoms. The maximum atomic E-state index is 13.4. The third kappa shape index (κ3) is 5.76. The molecule has 5 nitrogen and oxygen atoms in total. The van der Waals surface area contributed by atoms with Crippen molar-refractivity contribution in [3.05, 3.63) is 94.0 Å². The molecule has 168 valence electrons. The highest BCUT2D eigenvalue weighted by Gasteiger charge is 2.27. The summed E-state index contributed by atoms with van der Waals surface area (Å²) < 4.78 is 28.0. The smallest absolute Gasteiger partial charge is 0.243 e. The standard InChI is InChI=1S/C25H27ClN2O3S/c1-4-21-10-6-8-19(3)25(21)27-24(29)17-28(16-20-9-5-7-18(2)15-20)32(30,31)23-13-11-22(26)12-14-23/h5-15H,4,16-17H2,1-3H3,(H,27,29). The summed E-state index contributed by atoms with van der Waals surface area (Å²) in [6, 6.07) is 19.4. The molecule has 0 aliphatic rings. The maximum absolute atomic E-state index is 13.4. The van der Waals surface area contributed by atoms with Gasteiger partial charge in [-0.2, -0.15) is 4.31 Å². The van der Waals surface area contributed by atoms with Gasteiger partial charge in [0.2, 0.25) is 15.9 Å². The largest absolute Gasteiger partial charge is 0.324 e. The van der Waals surface area contributed by atoms with Crippen LogP contribution >= 0.6 is 11.6 Å². The number of carbonyl (C=O) groups is 1. The first-order chi connectivity index (χ1) is 15.2. The predicted molar refractivity (Wildman–Crippen MR) is 129 cm³/mol. The van der Waals surface area contributed by atoms with E-state index >= 15 is 0 Å². The van der Waals surface area contributed by atoms with Crippen LogP contribution in [-0.2, 0) is 27.8 Å². The monoisotopic (exact) mass is 470 g/mol. The molecule has 3 aromatic carbocycles. The van der Waals surface area contributed by atoms with Crippen molar-refractivity contribution in [1.29, 1.82) is 0 Å². The zero-order chi connectivity index (χ0) is 23.3. The Hall–Kier alpha value is -2.67. The van der Waals surface area contributed by atoms with Gasteiger partial charge in [0, 0.05) is 17.3 Å². The molecular formula is C25H27ClN2O3S. The third-order valence-electron chi connectivity index (χ3n) is 5.22. The van der Waals surface area contributed by atoms with Crippen LogP contribution in [0.15, 0.2) is 71.6 Å². The van der Waals surface area contributed by atoms with Crippen molar-refractivity contribution in [2.24, 2.45) is 0 Å². The summed E-state index contributed by atoms with van der Waals surface area (Å²) in [7, 11) is -3.93. The molecular weight excluding hydrogens is 444 g/mol. The van der Waals surface area contributed by atoms with E-state index in [1.807, 2.05) is 63.2 Å². The van der Waals surface area contributed by atoms with Crippen LogP contribution in [0.5, 0.6) is 0 Å². The minimum Gasteiger partial charge on any atom is -0.324 e. The van der Waals surface area contributed by atoms with Crippen molar-refractivity contribution in [2.75, 3.05) is 11.9 Å². The van der Waals surface area contributed by atoms with Gasteiger partial charge in [0.25, 0.3) is 0 Å². The van der Waals surface area contributed by atoms with Gasteiger partial charge in [0.15, 0.2) is 0 Å². The third-order valence-corrected chi connectivity index (χ3v) is 7.28. The lowest BCUT2D eigenvalue weighted by Gasteiger charge is -2.23. The molecule has 0 radical (unpaired) electrons. The zero-order valence-corrected chi connectivity index (χ0v) is 20.0. The van der Waals surface area contributed by atoms with Gasteiger partial charge in [0.1, 0.15) is 0 Å². The van der Waals surface area contributed by atoms with Crippen molar-refractivity contribution in [2.45, 2.75) is 38.6 Å². The lowest BCUT2D eigenvalue weighted by Crippen LogP contribution is -2.37. The topological polar surface area (TPSA) is 66.5 Å². The molecule has 1 amide bonds. The van der Waals surface area contributed by atoms with Gasteiger partial charge < -0.3 is 5.32 Å². The second-order valence-corrected chi connectivity index (χ2v) is 10.1. The van der Waals surface area contributed by atoms with E-state index in [0.29, 0.717) is 5.02 Å².